The van der Waals surface area contributed by atoms with Crippen LogP contribution in [-0.4, -0.2) is 30.9 Å². The summed E-state index contributed by atoms with van der Waals surface area (Å²) in [6.45, 7) is 0.247. The number of thiazole rings is 1. The molecule has 1 heterocycles. The molecule has 0 saturated carbocycles. The van der Waals surface area contributed by atoms with Gasteiger partial charge in [-0.15, -0.1) is 18.2 Å². The number of hydrogen-bond acceptors (Lipinski definition) is 5. The summed E-state index contributed by atoms with van der Waals surface area (Å²) < 4.78 is 26.1. The summed E-state index contributed by atoms with van der Waals surface area (Å²) >= 11 is 8.79. The van der Waals surface area contributed by atoms with Crippen LogP contribution in [0.3, 0.4) is 0 Å². The fraction of sp³-hybridized carbons (Fsp3) is 0.238. The lowest BCUT2D eigenvalue weighted by molar-refractivity contribution is -0.118. The van der Waals surface area contributed by atoms with Crippen molar-refractivity contribution in [2.24, 2.45) is 4.99 Å². The van der Waals surface area contributed by atoms with Crippen LogP contribution in [0.25, 0.3) is 10.2 Å². The van der Waals surface area contributed by atoms with E-state index in [1.807, 2.05) is 24.3 Å². The lowest BCUT2D eigenvalue weighted by Crippen LogP contribution is -2.16. The van der Waals surface area contributed by atoms with E-state index in [0.717, 1.165) is 27.1 Å². The highest BCUT2D eigenvalue weighted by Crippen LogP contribution is 2.23. The molecule has 0 bridgehead atoms. The van der Waals surface area contributed by atoms with Gasteiger partial charge in [0.2, 0.25) is 5.91 Å². The van der Waals surface area contributed by atoms with Gasteiger partial charge in [0.25, 0.3) is 0 Å². The van der Waals surface area contributed by atoms with Crippen LogP contribution in [0.5, 0.6) is 0 Å². The van der Waals surface area contributed by atoms with Crippen LogP contribution in [0.15, 0.2) is 57.2 Å². The standard InChI is InChI=1S/C21H19ClN2O3S3/c1-3-12-24-18-11-10-17(30(2,26)27)14-19(18)29-21(24)23-20(25)5-4-13-28-16-8-6-15(22)7-9-16/h1,6-11,14H,4-5,12-13H2,2H3. The Morgan fingerprint density at radius 3 is 2.67 bits per heavy atom. The highest BCUT2D eigenvalue weighted by atomic mass is 35.5. The number of fused-ring (bicyclic) bond motifs is 1. The molecular weight excluding hydrogens is 460 g/mol. The van der Waals surface area contributed by atoms with Gasteiger partial charge in [0, 0.05) is 22.6 Å². The Hall–Kier alpha value is -2.05. The van der Waals surface area contributed by atoms with Crippen molar-refractivity contribution in [3.8, 4) is 12.3 Å². The van der Waals surface area contributed by atoms with E-state index in [0.29, 0.717) is 22.7 Å². The summed E-state index contributed by atoms with van der Waals surface area (Å²) in [6.07, 6.45) is 7.64. The largest absolute Gasteiger partial charge is 0.305 e. The van der Waals surface area contributed by atoms with Crippen molar-refractivity contribution in [1.29, 1.82) is 0 Å². The fourth-order valence-electron chi connectivity index (χ4n) is 2.72. The predicted molar refractivity (Wildman–Crippen MR) is 124 cm³/mol. The first kappa shape index (κ1) is 22.6. The Morgan fingerprint density at radius 2 is 2.00 bits per heavy atom. The minimum absolute atomic E-state index is 0.223. The third kappa shape index (κ3) is 5.76. The van der Waals surface area contributed by atoms with Crippen LogP contribution < -0.4 is 4.80 Å². The van der Waals surface area contributed by atoms with Gasteiger partial charge in [-0.25, -0.2) is 8.42 Å². The molecule has 0 N–H and O–H groups in total. The van der Waals surface area contributed by atoms with Crippen LogP contribution in [0, 0.1) is 12.3 Å². The summed E-state index contributed by atoms with van der Waals surface area (Å²) in [7, 11) is -3.32. The quantitative estimate of drug-likeness (QED) is 0.287. The zero-order valence-corrected chi connectivity index (χ0v) is 19.4. The Kier molecular flexibility index (Phi) is 7.42. The van der Waals surface area contributed by atoms with Gasteiger partial charge in [-0.2, -0.15) is 4.99 Å². The van der Waals surface area contributed by atoms with E-state index in [4.69, 9.17) is 18.0 Å². The zero-order chi connectivity index (χ0) is 21.7. The molecule has 3 aromatic rings. The molecule has 1 aromatic heterocycles. The molecule has 2 aromatic carbocycles. The van der Waals surface area contributed by atoms with E-state index in [-0.39, 0.29) is 17.3 Å². The second-order valence-corrected chi connectivity index (χ2v) is 11.1. The minimum Gasteiger partial charge on any atom is -0.305 e. The van der Waals surface area contributed by atoms with E-state index in [2.05, 4.69) is 10.9 Å². The van der Waals surface area contributed by atoms with Crippen LogP contribution in [0.1, 0.15) is 12.8 Å². The van der Waals surface area contributed by atoms with E-state index in [9.17, 15) is 13.2 Å². The Balaban J connectivity index is 1.75. The van der Waals surface area contributed by atoms with Gasteiger partial charge in [0.1, 0.15) is 0 Å². The van der Waals surface area contributed by atoms with Gasteiger partial charge >= 0.3 is 0 Å². The monoisotopic (exact) mass is 478 g/mol. The molecule has 0 radical (unpaired) electrons. The zero-order valence-electron chi connectivity index (χ0n) is 16.2. The number of carbonyl (C=O) groups is 1. The highest BCUT2D eigenvalue weighted by Gasteiger charge is 2.12. The number of amides is 1. The molecule has 0 aliphatic carbocycles. The molecule has 3 rings (SSSR count). The summed E-state index contributed by atoms with van der Waals surface area (Å²) in [6, 6.07) is 12.4. The second kappa shape index (κ2) is 9.84. The van der Waals surface area contributed by atoms with Crippen LogP contribution in [-0.2, 0) is 21.2 Å². The Bertz CT molecular complexity index is 1280. The number of aromatic nitrogens is 1. The first-order chi connectivity index (χ1) is 14.3. The number of sulfone groups is 1. The van der Waals surface area contributed by atoms with E-state index in [1.54, 1.807) is 28.5 Å². The van der Waals surface area contributed by atoms with Gasteiger partial charge in [-0.3, -0.25) is 4.79 Å². The number of halogens is 1. The molecule has 0 atom stereocenters. The topological polar surface area (TPSA) is 68.5 Å². The van der Waals surface area contributed by atoms with Gasteiger partial charge in [-0.1, -0.05) is 28.9 Å². The number of terminal acetylenes is 1. The molecule has 1 amide bonds. The van der Waals surface area contributed by atoms with Crippen molar-refractivity contribution in [3.05, 3.63) is 52.3 Å². The second-order valence-electron chi connectivity index (χ2n) is 6.49. The average molecular weight is 479 g/mol. The van der Waals surface area contributed by atoms with E-state index in [1.165, 1.54) is 17.4 Å². The van der Waals surface area contributed by atoms with Crippen LogP contribution in [0.4, 0.5) is 0 Å². The SMILES string of the molecule is C#CCn1c(=NC(=O)CCCSc2ccc(Cl)cc2)sc2cc(S(C)(=O)=O)ccc21. The summed E-state index contributed by atoms with van der Waals surface area (Å²) in [5.41, 5.74) is 0.759. The number of benzene rings is 2. The predicted octanol–water partition coefficient (Wildman–Crippen LogP) is 4.39. The van der Waals surface area contributed by atoms with Crippen LogP contribution >= 0.6 is 34.7 Å². The molecule has 30 heavy (non-hydrogen) atoms. The van der Waals surface area contributed by atoms with E-state index < -0.39 is 9.84 Å². The van der Waals surface area contributed by atoms with Gasteiger partial charge in [0.15, 0.2) is 14.6 Å². The summed E-state index contributed by atoms with van der Waals surface area (Å²) in [5, 5.41) is 0.695. The fourth-order valence-corrected chi connectivity index (χ4v) is 5.51. The maximum atomic E-state index is 12.4. The molecule has 0 aliphatic heterocycles. The lowest BCUT2D eigenvalue weighted by Gasteiger charge is -2.02. The maximum Gasteiger partial charge on any atom is 0.248 e. The van der Waals surface area contributed by atoms with Gasteiger partial charge in [0.05, 0.1) is 21.7 Å². The highest BCUT2D eigenvalue weighted by molar-refractivity contribution is 7.99. The Morgan fingerprint density at radius 1 is 1.27 bits per heavy atom. The molecule has 0 fully saturated rings. The first-order valence-electron chi connectivity index (χ1n) is 9.01. The lowest BCUT2D eigenvalue weighted by atomic mass is 10.3. The average Bonchev–Trinajstić information content (AvgIpc) is 3.02. The van der Waals surface area contributed by atoms with Crippen molar-refractivity contribution in [2.45, 2.75) is 29.2 Å². The minimum atomic E-state index is -3.32. The summed E-state index contributed by atoms with van der Waals surface area (Å²) in [5.74, 6) is 3.12. The van der Waals surface area contributed by atoms with Crippen molar-refractivity contribution in [1.82, 2.24) is 4.57 Å². The third-order valence-electron chi connectivity index (χ3n) is 4.17. The number of carbonyl (C=O) groups excluding carboxylic acids is 1. The number of rotatable bonds is 7. The smallest absolute Gasteiger partial charge is 0.248 e. The van der Waals surface area contributed by atoms with Crippen molar-refractivity contribution in [2.75, 3.05) is 12.0 Å². The number of hydrogen-bond donors (Lipinski definition) is 0. The third-order valence-corrected chi connectivity index (χ3v) is 7.67. The molecular formula is C21H19ClN2O3S3. The van der Waals surface area contributed by atoms with Crippen molar-refractivity contribution < 1.29 is 13.2 Å². The normalized spacial score (nSPS) is 12.2. The molecule has 0 aliphatic rings. The summed E-state index contributed by atoms with van der Waals surface area (Å²) in [4.78, 5) is 18.4. The molecule has 0 unspecified atom stereocenters. The first-order valence-corrected chi connectivity index (χ1v) is 13.1. The molecule has 156 valence electrons. The maximum absolute atomic E-state index is 12.4. The van der Waals surface area contributed by atoms with Crippen LogP contribution in [0.2, 0.25) is 5.02 Å². The number of nitrogens with zero attached hydrogens (tertiary/aromatic N) is 2. The molecule has 5 nitrogen and oxygen atoms in total. The molecule has 0 spiro atoms. The van der Waals surface area contributed by atoms with Gasteiger partial charge in [-0.05, 0) is 54.6 Å². The Labute approximate surface area is 188 Å². The van der Waals surface area contributed by atoms with Crippen molar-refractivity contribution >= 4 is 60.7 Å². The molecule has 9 heteroatoms. The molecule has 0 saturated heterocycles. The van der Waals surface area contributed by atoms with E-state index >= 15 is 0 Å². The number of thioether (sulfide) groups is 1. The van der Waals surface area contributed by atoms with Crippen molar-refractivity contribution in [3.63, 3.8) is 0 Å². The van der Waals surface area contributed by atoms with Gasteiger partial charge < -0.3 is 4.57 Å².